The summed E-state index contributed by atoms with van der Waals surface area (Å²) in [6.45, 7) is 0.645. The molecule has 1 aliphatic carbocycles. The fraction of sp³-hybridized carbons (Fsp3) is 0.533. The van der Waals surface area contributed by atoms with E-state index < -0.39 is 0 Å². The summed E-state index contributed by atoms with van der Waals surface area (Å²) in [6, 6.07) is 9.14. The van der Waals surface area contributed by atoms with Crippen LogP contribution in [0.25, 0.3) is 0 Å². The summed E-state index contributed by atoms with van der Waals surface area (Å²) in [5.41, 5.74) is 0.0930. The van der Waals surface area contributed by atoms with Gasteiger partial charge in [0, 0.05) is 12.1 Å². The first-order valence-electron chi connectivity index (χ1n) is 6.81. The van der Waals surface area contributed by atoms with E-state index in [1.807, 2.05) is 18.2 Å². The minimum Gasteiger partial charge on any atom is -0.410 e. The molecule has 4 nitrogen and oxygen atoms in total. The molecule has 1 aromatic rings. The van der Waals surface area contributed by atoms with Gasteiger partial charge in [0.1, 0.15) is 5.75 Å². The zero-order valence-corrected chi connectivity index (χ0v) is 11.7. The molecule has 0 heterocycles. The molecule has 1 N–H and O–H groups in total. The molecule has 4 heteroatoms. The molecule has 1 amide bonds. The van der Waals surface area contributed by atoms with Crippen LogP contribution in [0.3, 0.4) is 0 Å². The molecule has 0 saturated heterocycles. The third kappa shape index (κ3) is 3.47. The minimum atomic E-state index is -0.376. The first kappa shape index (κ1) is 13.9. The van der Waals surface area contributed by atoms with Gasteiger partial charge >= 0.3 is 6.09 Å². The Hall–Kier alpha value is -1.55. The number of benzene rings is 1. The second-order valence-corrected chi connectivity index (χ2v) is 5.38. The Bertz CT molecular complexity index is 411. The van der Waals surface area contributed by atoms with Crippen LogP contribution in [-0.2, 0) is 0 Å². The number of rotatable bonds is 4. The summed E-state index contributed by atoms with van der Waals surface area (Å²) in [5, 5.41) is 2.89. The Morgan fingerprint density at radius 1 is 1.26 bits per heavy atom. The molecule has 0 spiro atoms. The van der Waals surface area contributed by atoms with Crippen molar-refractivity contribution in [2.45, 2.75) is 31.2 Å². The maximum atomic E-state index is 11.8. The van der Waals surface area contributed by atoms with Crippen molar-refractivity contribution in [2.24, 2.45) is 0 Å². The number of ether oxygens (including phenoxy) is 1. The quantitative estimate of drug-likeness (QED) is 0.907. The molecular formula is C15H22N2O2. The number of likely N-dealkylation sites (N-methyl/N-ethyl adjacent to an activating group) is 1. The summed E-state index contributed by atoms with van der Waals surface area (Å²) in [6.07, 6.45) is 4.35. The van der Waals surface area contributed by atoms with Gasteiger partial charge in [0.2, 0.25) is 0 Å². The van der Waals surface area contributed by atoms with Crippen LogP contribution in [0, 0.1) is 0 Å². The van der Waals surface area contributed by atoms with Gasteiger partial charge in [-0.05, 0) is 39.1 Å². The highest BCUT2D eigenvalue weighted by Gasteiger charge is 2.36. The summed E-state index contributed by atoms with van der Waals surface area (Å²) in [5.74, 6) is 0.574. The van der Waals surface area contributed by atoms with Gasteiger partial charge in [0.25, 0.3) is 0 Å². The molecule has 19 heavy (non-hydrogen) atoms. The highest BCUT2D eigenvalue weighted by Crippen LogP contribution is 2.33. The molecule has 0 aliphatic heterocycles. The zero-order chi connectivity index (χ0) is 13.7. The summed E-state index contributed by atoms with van der Waals surface area (Å²) in [7, 11) is 4.16. The molecule has 2 rings (SSSR count). The zero-order valence-electron chi connectivity index (χ0n) is 11.7. The summed E-state index contributed by atoms with van der Waals surface area (Å²) in [4.78, 5) is 14.0. The van der Waals surface area contributed by atoms with Gasteiger partial charge in [-0.25, -0.2) is 4.79 Å². The van der Waals surface area contributed by atoms with Crippen LogP contribution >= 0.6 is 0 Å². The van der Waals surface area contributed by atoms with E-state index in [-0.39, 0.29) is 11.6 Å². The molecule has 104 valence electrons. The topological polar surface area (TPSA) is 41.6 Å². The number of nitrogens with one attached hydrogen (secondary N) is 1. The standard InChI is InChI=1S/C15H22N2O2/c1-17(2)15(10-6-7-11-15)12-16-14(18)19-13-8-4-3-5-9-13/h3-5,8-9H,6-7,10-12H2,1-2H3,(H,16,18). The molecule has 1 saturated carbocycles. The van der Waals surface area contributed by atoms with E-state index in [1.165, 1.54) is 12.8 Å². The van der Waals surface area contributed by atoms with Crippen LogP contribution in [-0.4, -0.2) is 37.2 Å². The highest BCUT2D eigenvalue weighted by atomic mass is 16.6. The fourth-order valence-corrected chi connectivity index (χ4v) is 2.68. The monoisotopic (exact) mass is 262 g/mol. The molecule has 0 aromatic heterocycles. The molecule has 1 fully saturated rings. The van der Waals surface area contributed by atoms with Crippen molar-refractivity contribution >= 4 is 6.09 Å². The van der Waals surface area contributed by atoms with Gasteiger partial charge in [-0.1, -0.05) is 31.0 Å². The predicted octanol–water partition coefficient (Wildman–Crippen LogP) is 2.65. The van der Waals surface area contributed by atoms with Crippen LogP contribution in [0.4, 0.5) is 4.79 Å². The van der Waals surface area contributed by atoms with Crippen molar-refractivity contribution in [3.8, 4) is 5.75 Å². The Kier molecular flexibility index (Phi) is 4.43. The Morgan fingerprint density at radius 3 is 2.47 bits per heavy atom. The largest absolute Gasteiger partial charge is 0.412 e. The average molecular weight is 262 g/mol. The lowest BCUT2D eigenvalue weighted by atomic mass is 9.96. The van der Waals surface area contributed by atoms with Gasteiger partial charge in [-0.15, -0.1) is 0 Å². The third-order valence-electron chi connectivity index (χ3n) is 4.00. The van der Waals surface area contributed by atoms with E-state index in [0.717, 1.165) is 12.8 Å². The van der Waals surface area contributed by atoms with Gasteiger partial charge < -0.3 is 15.0 Å². The Balaban J connectivity index is 1.86. The molecule has 0 radical (unpaired) electrons. The van der Waals surface area contributed by atoms with Gasteiger partial charge in [0.15, 0.2) is 0 Å². The molecule has 1 aliphatic rings. The van der Waals surface area contributed by atoms with Crippen LogP contribution < -0.4 is 10.1 Å². The minimum absolute atomic E-state index is 0.0930. The van der Waals surface area contributed by atoms with E-state index in [9.17, 15) is 4.79 Å². The van der Waals surface area contributed by atoms with Crippen molar-refractivity contribution in [3.63, 3.8) is 0 Å². The number of hydrogen-bond acceptors (Lipinski definition) is 3. The molecular weight excluding hydrogens is 240 g/mol. The van der Waals surface area contributed by atoms with Crippen LogP contribution in [0.5, 0.6) is 5.75 Å². The van der Waals surface area contributed by atoms with Crippen molar-refractivity contribution in [2.75, 3.05) is 20.6 Å². The highest BCUT2D eigenvalue weighted by molar-refractivity contribution is 5.70. The van der Waals surface area contributed by atoms with Crippen LogP contribution in [0.15, 0.2) is 30.3 Å². The van der Waals surface area contributed by atoms with Crippen molar-refractivity contribution in [1.29, 1.82) is 0 Å². The number of carbonyl (C=O) groups excluding carboxylic acids is 1. The van der Waals surface area contributed by atoms with E-state index >= 15 is 0 Å². The summed E-state index contributed by atoms with van der Waals surface area (Å²) < 4.78 is 5.23. The maximum Gasteiger partial charge on any atom is 0.412 e. The lowest BCUT2D eigenvalue weighted by molar-refractivity contribution is 0.146. The number of amides is 1. The van der Waals surface area contributed by atoms with E-state index in [2.05, 4.69) is 24.3 Å². The van der Waals surface area contributed by atoms with E-state index in [0.29, 0.717) is 12.3 Å². The normalized spacial score (nSPS) is 17.4. The van der Waals surface area contributed by atoms with Gasteiger partial charge in [0.05, 0.1) is 0 Å². The SMILES string of the molecule is CN(C)C1(CNC(=O)Oc2ccccc2)CCCC1. The molecule has 0 bridgehead atoms. The van der Waals surface area contributed by atoms with E-state index in [1.54, 1.807) is 12.1 Å². The van der Waals surface area contributed by atoms with Gasteiger partial charge in [-0.2, -0.15) is 0 Å². The fourth-order valence-electron chi connectivity index (χ4n) is 2.68. The predicted molar refractivity (Wildman–Crippen MR) is 75.4 cm³/mol. The van der Waals surface area contributed by atoms with Gasteiger partial charge in [-0.3, -0.25) is 0 Å². The van der Waals surface area contributed by atoms with E-state index in [4.69, 9.17) is 4.74 Å². The van der Waals surface area contributed by atoms with Crippen LogP contribution in [0.2, 0.25) is 0 Å². The molecule has 1 aromatic carbocycles. The second kappa shape index (κ2) is 6.06. The number of para-hydroxylation sites is 1. The lowest BCUT2D eigenvalue weighted by Gasteiger charge is -2.36. The average Bonchev–Trinajstić information content (AvgIpc) is 2.88. The first-order valence-corrected chi connectivity index (χ1v) is 6.81. The number of carbonyl (C=O) groups is 1. The number of hydrogen-bond donors (Lipinski definition) is 1. The maximum absolute atomic E-state index is 11.8. The van der Waals surface area contributed by atoms with Crippen molar-refractivity contribution in [3.05, 3.63) is 30.3 Å². The number of nitrogens with zero attached hydrogens (tertiary/aromatic N) is 1. The molecule has 0 unspecified atom stereocenters. The first-order chi connectivity index (χ1) is 9.12. The second-order valence-electron chi connectivity index (χ2n) is 5.38. The lowest BCUT2D eigenvalue weighted by Crippen LogP contribution is -2.51. The van der Waals surface area contributed by atoms with Crippen molar-refractivity contribution in [1.82, 2.24) is 10.2 Å². The van der Waals surface area contributed by atoms with Crippen LogP contribution in [0.1, 0.15) is 25.7 Å². The smallest absolute Gasteiger partial charge is 0.410 e. The Morgan fingerprint density at radius 2 is 1.89 bits per heavy atom. The van der Waals surface area contributed by atoms with Crippen molar-refractivity contribution < 1.29 is 9.53 Å². The molecule has 0 atom stereocenters. The third-order valence-corrected chi connectivity index (χ3v) is 4.00. The summed E-state index contributed by atoms with van der Waals surface area (Å²) >= 11 is 0. The Labute approximate surface area is 114 Å².